The molecule has 1 aliphatic rings. The number of carbonyl (C=O) groups excluding carboxylic acids is 1. The molecule has 0 bridgehead atoms. The molecule has 1 aromatic carbocycles. The van der Waals surface area contributed by atoms with Crippen molar-refractivity contribution >= 4 is 23.3 Å². The van der Waals surface area contributed by atoms with E-state index in [0.717, 1.165) is 31.0 Å². The molecule has 4 rings (SSSR count). The van der Waals surface area contributed by atoms with Gasteiger partial charge in [0.05, 0.1) is 0 Å². The molecule has 24 heavy (non-hydrogen) atoms. The van der Waals surface area contributed by atoms with Crippen LogP contribution < -0.4 is 0 Å². The zero-order valence-corrected chi connectivity index (χ0v) is 13.7. The zero-order valence-electron chi connectivity index (χ0n) is 13.0. The molecule has 0 spiro atoms. The third-order valence-electron chi connectivity index (χ3n) is 4.32. The van der Waals surface area contributed by atoms with E-state index in [1.165, 1.54) is 10.1 Å². The lowest BCUT2D eigenvalue weighted by atomic mass is 9.99. The van der Waals surface area contributed by atoms with Gasteiger partial charge in [-0.2, -0.15) is 4.98 Å². The van der Waals surface area contributed by atoms with Crippen LogP contribution in [-0.4, -0.2) is 43.5 Å². The summed E-state index contributed by atoms with van der Waals surface area (Å²) >= 11 is 5.92. The van der Waals surface area contributed by atoms with Crippen molar-refractivity contribution in [2.24, 2.45) is 5.92 Å². The van der Waals surface area contributed by atoms with Crippen LogP contribution in [0.25, 0.3) is 5.78 Å². The number of likely N-dealkylation sites (tertiary alicyclic amines) is 1. The molecule has 1 saturated heterocycles. The van der Waals surface area contributed by atoms with Gasteiger partial charge in [-0.05, 0) is 42.5 Å². The molecule has 2 aromatic heterocycles. The highest BCUT2D eigenvalue weighted by Gasteiger charge is 2.29. The average molecular weight is 342 g/mol. The summed E-state index contributed by atoms with van der Waals surface area (Å²) in [6.07, 6.45) is 5.30. The summed E-state index contributed by atoms with van der Waals surface area (Å²) < 4.78 is 1.52. The van der Waals surface area contributed by atoms with Gasteiger partial charge in [-0.1, -0.05) is 23.7 Å². The maximum Gasteiger partial charge on any atom is 0.293 e. The summed E-state index contributed by atoms with van der Waals surface area (Å²) in [5.41, 5.74) is 1.24. The normalized spacial score (nSPS) is 17.5. The Morgan fingerprint density at radius 1 is 1.29 bits per heavy atom. The number of rotatable bonds is 3. The van der Waals surface area contributed by atoms with Crippen molar-refractivity contribution in [2.45, 2.75) is 12.8 Å². The van der Waals surface area contributed by atoms with Gasteiger partial charge in [0, 0.05) is 30.5 Å². The molecule has 1 amide bonds. The highest BCUT2D eigenvalue weighted by molar-refractivity contribution is 6.30. The summed E-state index contributed by atoms with van der Waals surface area (Å²) in [4.78, 5) is 22.7. The Hall–Kier alpha value is -2.47. The third kappa shape index (κ3) is 2.97. The summed E-state index contributed by atoms with van der Waals surface area (Å²) in [5, 5.41) is 4.96. The molecule has 122 valence electrons. The molecule has 1 unspecified atom stereocenters. The Kier molecular flexibility index (Phi) is 3.90. The first-order valence-corrected chi connectivity index (χ1v) is 8.28. The minimum Gasteiger partial charge on any atom is -0.336 e. The maximum atomic E-state index is 12.6. The summed E-state index contributed by atoms with van der Waals surface area (Å²) in [7, 11) is 0. The van der Waals surface area contributed by atoms with E-state index in [9.17, 15) is 4.79 Å². The largest absolute Gasteiger partial charge is 0.336 e. The lowest BCUT2D eigenvalue weighted by Crippen LogP contribution is -2.29. The third-order valence-corrected chi connectivity index (χ3v) is 4.57. The second kappa shape index (κ2) is 6.20. The topological polar surface area (TPSA) is 63.4 Å². The van der Waals surface area contributed by atoms with Gasteiger partial charge in [0.25, 0.3) is 11.7 Å². The molecule has 3 heterocycles. The minimum absolute atomic E-state index is 0.126. The zero-order chi connectivity index (χ0) is 16.5. The van der Waals surface area contributed by atoms with Crippen molar-refractivity contribution in [3.63, 3.8) is 0 Å². The predicted octanol–water partition coefficient (Wildman–Crippen LogP) is 2.48. The second-order valence-corrected chi connectivity index (χ2v) is 6.47. The Balaban J connectivity index is 1.44. The van der Waals surface area contributed by atoms with E-state index in [4.69, 9.17) is 11.6 Å². The molecule has 0 N–H and O–H groups in total. The maximum absolute atomic E-state index is 12.6. The molecule has 1 fully saturated rings. The fourth-order valence-electron chi connectivity index (χ4n) is 3.10. The molecule has 3 aromatic rings. The minimum atomic E-state index is -0.126. The van der Waals surface area contributed by atoms with Crippen LogP contribution in [-0.2, 0) is 6.42 Å². The number of benzene rings is 1. The van der Waals surface area contributed by atoms with E-state index in [-0.39, 0.29) is 11.7 Å². The number of carbonyl (C=O) groups is 1. The van der Waals surface area contributed by atoms with Gasteiger partial charge < -0.3 is 4.90 Å². The number of amides is 1. The number of hydrogen-bond donors (Lipinski definition) is 0. The van der Waals surface area contributed by atoms with Crippen LogP contribution in [0.2, 0.25) is 5.02 Å². The highest BCUT2D eigenvalue weighted by Crippen LogP contribution is 2.22. The highest BCUT2D eigenvalue weighted by atomic mass is 35.5. The van der Waals surface area contributed by atoms with Crippen LogP contribution >= 0.6 is 11.6 Å². The van der Waals surface area contributed by atoms with Gasteiger partial charge in [-0.25, -0.2) is 9.50 Å². The van der Waals surface area contributed by atoms with E-state index in [1.807, 2.05) is 29.2 Å². The van der Waals surface area contributed by atoms with E-state index in [0.29, 0.717) is 11.7 Å². The van der Waals surface area contributed by atoms with Crippen molar-refractivity contribution in [1.29, 1.82) is 0 Å². The Morgan fingerprint density at radius 3 is 2.92 bits per heavy atom. The van der Waals surface area contributed by atoms with Gasteiger partial charge >= 0.3 is 0 Å². The summed E-state index contributed by atoms with van der Waals surface area (Å²) in [5.74, 6) is 0.975. The molecular weight excluding hydrogens is 326 g/mol. The lowest BCUT2D eigenvalue weighted by molar-refractivity contribution is 0.0775. The van der Waals surface area contributed by atoms with Gasteiger partial charge in [0.15, 0.2) is 0 Å². The van der Waals surface area contributed by atoms with Crippen LogP contribution in [0.5, 0.6) is 0 Å². The number of halogens is 1. The smallest absolute Gasteiger partial charge is 0.293 e. The van der Waals surface area contributed by atoms with Crippen molar-refractivity contribution in [3.05, 3.63) is 59.1 Å². The van der Waals surface area contributed by atoms with Gasteiger partial charge in [0.2, 0.25) is 5.82 Å². The predicted molar refractivity (Wildman–Crippen MR) is 89.9 cm³/mol. The standard InChI is InChI=1S/C17H16ClN5O/c18-14-4-2-12(3-5-14)10-13-6-9-22(11-13)16(24)15-20-17-19-7-1-8-23(17)21-15/h1-5,7-8,13H,6,9-11H2. The first kappa shape index (κ1) is 15.1. The van der Waals surface area contributed by atoms with Crippen LogP contribution in [0.1, 0.15) is 22.6 Å². The van der Waals surface area contributed by atoms with Gasteiger partial charge in [0.1, 0.15) is 0 Å². The Morgan fingerprint density at radius 2 is 2.12 bits per heavy atom. The second-order valence-electron chi connectivity index (χ2n) is 6.04. The number of hydrogen-bond acceptors (Lipinski definition) is 4. The van der Waals surface area contributed by atoms with Crippen LogP contribution in [0.4, 0.5) is 0 Å². The van der Waals surface area contributed by atoms with Gasteiger partial charge in [-0.15, -0.1) is 5.10 Å². The molecule has 1 atom stereocenters. The van der Waals surface area contributed by atoms with E-state index in [2.05, 4.69) is 15.1 Å². The van der Waals surface area contributed by atoms with Crippen LogP contribution in [0.15, 0.2) is 42.7 Å². The average Bonchev–Trinajstić information content (AvgIpc) is 3.23. The molecule has 7 heteroatoms. The van der Waals surface area contributed by atoms with Crippen LogP contribution in [0, 0.1) is 5.92 Å². The molecule has 1 aliphatic heterocycles. The number of aromatic nitrogens is 4. The van der Waals surface area contributed by atoms with E-state index < -0.39 is 0 Å². The Bertz CT molecular complexity index is 843. The van der Waals surface area contributed by atoms with Crippen molar-refractivity contribution < 1.29 is 4.79 Å². The fourth-order valence-corrected chi connectivity index (χ4v) is 3.23. The first-order valence-electron chi connectivity index (χ1n) is 7.90. The Labute approximate surface area is 144 Å². The molecule has 0 aliphatic carbocycles. The van der Waals surface area contributed by atoms with Crippen molar-refractivity contribution in [2.75, 3.05) is 13.1 Å². The van der Waals surface area contributed by atoms with Crippen molar-refractivity contribution in [3.8, 4) is 0 Å². The number of fused-ring (bicyclic) bond motifs is 1. The van der Waals surface area contributed by atoms with E-state index >= 15 is 0 Å². The van der Waals surface area contributed by atoms with Gasteiger partial charge in [-0.3, -0.25) is 4.79 Å². The first-order chi connectivity index (χ1) is 11.7. The van der Waals surface area contributed by atoms with Crippen LogP contribution in [0.3, 0.4) is 0 Å². The fraction of sp³-hybridized carbons (Fsp3) is 0.294. The summed E-state index contributed by atoms with van der Waals surface area (Å²) in [6, 6.07) is 9.66. The summed E-state index contributed by atoms with van der Waals surface area (Å²) in [6.45, 7) is 1.46. The lowest BCUT2D eigenvalue weighted by Gasteiger charge is -2.14. The molecule has 6 nitrogen and oxygen atoms in total. The van der Waals surface area contributed by atoms with Crippen molar-refractivity contribution in [1.82, 2.24) is 24.5 Å². The van der Waals surface area contributed by atoms with E-state index in [1.54, 1.807) is 18.5 Å². The SMILES string of the molecule is O=C(c1nc2ncccn2n1)N1CCC(Cc2ccc(Cl)cc2)C1. The molecular formula is C17H16ClN5O. The molecule has 0 saturated carbocycles. The molecule has 0 radical (unpaired) electrons. The monoisotopic (exact) mass is 341 g/mol. The number of nitrogens with zero attached hydrogens (tertiary/aromatic N) is 5. The quantitative estimate of drug-likeness (QED) is 0.734.